The first-order valence-corrected chi connectivity index (χ1v) is 7.75. The molecule has 1 heterocycles. The van der Waals surface area contributed by atoms with Crippen LogP contribution in [0.4, 0.5) is 11.4 Å². The topological polar surface area (TPSA) is 66.6 Å². The number of anilines is 2. The Morgan fingerprint density at radius 2 is 1.86 bits per heavy atom. The number of nitrogens with two attached hydrogens (primary N) is 1. The Kier molecular flexibility index (Phi) is 5.30. The number of hydrogen-bond acceptors (Lipinski definition) is 5. The standard InChI is InChI=1S/C16H19N3O2S/c1-12(20)19(14-7-5-13(17)6-8-14)16(21)11-18(2)10-15-4-3-9-22-15/h3-9H,10-11,17H2,1-2H3. The highest BCUT2D eigenvalue weighted by Gasteiger charge is 2.21. The van der Waals surface area contributed by atoms with Crippen LogP contribution >= 0.6 is 11.3 Å². The van der Waals surface area contributed by atoms with Gasteiger partial charge in [0.2, 0.25) is 11.8 Å². The lowest BCUT2D eigenvalue weighted by molar-refractivity contribution is -0.126. The van der Waals surface area contributed by atoms with Crippen molar-refractivity contribution >= 4 is 34.5 Å². The first-order valence-electron chi connectivity index (χ1n) is 6.87. The Morgan fingerprint density at radius 3 is 2.41 bits per heavy atom. The van der Waals surface area contributed by atoms with E-state index in [2.05, 4.69) is 0 Å². The number of nitrogen functional groups attached to an aromatic ring is 1. The summed E-state index contributed by atoms with van der Waals surface area (Å²) in [6, 6.07) is 10.7. The maximum Gasteiger partial charge on any atom is 0.247 e. The summed E-state index contributed by atoms with van der Waals surface area (Å²) in [7, 11) is 1.86. The number of imide groups is 1. The quantitative estimate of drug-likeness (QED) is 0.860. The predicted molar refractivity (Wildman–Crippen MR) is 89.7 cm³/mol. The van der Waals surface area contributed by atoms with Gasteiger partial charge in [0.15, 0.2) is 0 Å². The van der Waals surface area contributed by atoms with Crippen LogP contribution in [-0.4, -0.2) is 30.3 Å². The van der Waals surface area contributed by atoms with Crippen LogP contribution in [0.15, 0.2) is 41.8 Å². The van der Waals surface area contributed by atoms with E-state index in [-0.39, 0.29) is 18.4 Å². The number of nitrogens with zero attached hydrogens (tertiary/aromatic N) is 2. The second-order valence-electron chi connectivity index (χ2n) is 5.09. The highest BCUT2D eigenvalue weighted by molar-refractivity contribution is 7.09. The van der Waals surface area contributed by atoms with Crippen molar-refractivity contribution in [2.75, 3.05) is 24.2 Å². The maximum absolute atomic E-state index is 12.4. The molecule has 1 aromatic carbocycles. The molecule has 0 atom stereocenters. The molecule has 5 nitrogen and oxygen atoms in total. The summed E-state index contributed by atoms with van der Waals surface area (Å²) in [4.78, 5) is 28.5. The minimum atomic E-state index is -0.306. The summed E-state index contributed by atoms with van der Waals surface area (Å²) in [6.45, 7) is 2.23. The smallest absolute Gasteiger partial charge is 0.247 e. The van der Waals surface area contributed by atoms with Crippen molar-refractivity contribution in [2.24, 2.45) is 0 Å². The molecule has 0 aliphatic heterocycles. The third kappa shape index (κ3) is 4.16. The van der Waals surface area contributed by atoms with E-state index in [9.17, 15) is 9.59 Å². The molecule has 0 spiro atoms. The molecule has 2 N–H and O–H groups in total. The lowest BCUT2D eigenvalue weighted by Crippen LogP contribution is -2.41. The molecule has 0 unspecified atom stereocenters. The first-order chi connectivity index (χ1) is 10.5. The van der Waals surface area contributed by atoms with E-state index in [1.165, 1.54) is 16.7 Å². The number of likely N-dealkylation sites (N-methyl/N-ethyl adjacent to an activating group) is 1. The van der Waals surface area contributed by atoms with Crippen molar-refractivity contribution < 1.29 is 9.59 Å². The van der Waals surface area contributed by atoms with Crippen LogP contribution in [0.3, 0.4) is 0 Å². The molecule has 0 radical (unpaired) electrons. The Labute approximate surface area is 134 Å². The maximum atomic E-state index is 12.4. The second kappa shape index (κ2) is 7.20. The summed E-state index contributed by atoms with van der Waals surface area (Å²) in [5.41, 5.74) is 6.77. The SMILES string of the molecule is CC(=O)N(C(=O)CN(C)Cc1cccs1)c1ccc(N)cc1. The molecule has 1 aromatic heterocycles. The zero-order chi connectivity index (χ0) is 16.1. The van der Waals surface area contributed by atoms with Gasteiger partial charge in [0, 0.05) is 24.0 Å². The number of hydrogen-bond donors (Lipinski definition) is 1. The summed E-state index contributed by atoms with van der Waals surface area (Å²) in [6.07, 6.45) is 0. The van der Waals surface area contributed by atoms with Gasteiger partial charge in [0.05, 0.1) is 12.2 Å². The molecule has 2 rings (SSSR count). The fourth-order valence-corrected chi connectivity index (χ4v) is 2.93. The predicted octanol–water partition coefficient (Wildman–Crippen LogP) is 2.34. The van der Waals surface area contributed by atoms with E-state index in [0.29, 0.717) is 17.9 Å². The van der Waals surface area contributed by atoms with Crippen LogP contribution < -0.4 is 10.6 Å². The fraction of sp³-hybridized carbons (Fsp3) is 0.250. The third-order valence-corrected chi connectivity index (χ3v) is 3.99. The minimum Gasteiger partial charge on any atom is -0.399 e. The van der Waals surface area contributed by atoms with Crippen molar-refractivity contribution in [3.63, 3.8) is 0 Å². The first kappa shape index (κ1) is 16.2. The molecule has 6 heteroatoms. The highest BCUT2D eigenvalue weighted by atomic mass is 32.1. The molecule has 2 amide bonds. The summed E-state index contributed by atoms with van der Waals surface area (Å²) in [5.74, 6) is -0.560. The van der Waals surface area contributed by atoms with Gasteiger partial charge in [0.1, 0.15) is 0 Å². The van der Waals surface area contributed by atoms with Crippen LogP contribution in [0.2, 0.25) is 0 Å². The van der Waals surface area contributed by atoms with Crippen LogP contribution in [-0.2, 0) is 16.1 Å². The van der Waals surface area contributed by atoms with E-state index in [0.717, 1.165) is 0 Å². The number of benzene rings is 1. The number of carbonyl (C=O) groups excluding carboxylic acids is 2. The number of carbonyl (C=O) groups is 2. The van der Waals surface area contributed by atoms with Gasteiger partial charge in [-0.05, 0) is 42.8 Å². The molecule has 0 saturated carbocycles. The van der Waals surface area contributed by atoms with Crippen molar-refractivity contribution in [3.8, 4) is 0 Å². The van der Waals surface area contributed by atoms with Crippen molar-refractivity contribution in [1.29, 1.82) is 0 Å². The third-order valence-electron chi connectivity index (χ3n) is 3.13. The van der Waals surface area contributed by atoms with Crippen LogP contribution in [0.25, 0.3) is 0 Å². The fourth-order valence-electron chi connectivity index (χ4n) is 2.15. The minimum absolute atomic E-state index is 0.169. The van der Waals surface area contributed by atoms with Gasteiger partial charge >= 0.3 is 0 Å². The van der Waals surface area contributed by atoms with Gasteiger partial charge in [-0.3, -0.25) is 14.5 Å². The molecule has 0 bridgehead atoms. The van der Waals surface area contributed by atoms with E-state index < -0.39 is 0 Å². The Bertz CT molecular complexity index is 638. The van der Waals surface area contributed by atoms with E-state index in [4.69, 9.17) is 5.73 Å². The number of thiophene rings is 1. The van der Waals surface area contributed by atoms with Crippen molar-refractivity contribution in [3.05, 3.63) is 46.7 Å². The molecular weight excluding hydrogens is 298 g/mol. The summed E-state index contributed by atoms with van der Waals surface area (Å²) in [5, 5.41) is 2.00. The van der Waals surface area contributed by atoms with Crippen LogP contribution in [0.1, 0.15) is 11.8 Å². The van der Waals surface area contributed by atoms with E-state index in [1.54, 1.807) is 35.6 Å². The Hall–Kier alpha value is -2.18. The van der Waals surface area contributed by atoms with Crippen molar-refractivity contribution in [2.45, 2.75) is 13.5 Å². The molecule has 2 aromatic rings. The van der Waals surface area contributed by atoms with Gasteiger partial charge in [-0.2, -0.15) is 0 Å². The van der Waals surface area contributed by atoms with Gasteiger partial charge in [0.25, 0.3) is 0 Å². The Morgan fingerprint density at radius 1 is 1.18 bits per heavy atom. The highest BCUT2D eigenvalue weighted by Crippen LogP contribution is 2.17. The van der Waals surface area contributed by atoms with Gasteiger partial charge in [-0.1, -0.05) is 6.07 Å². The van der Waals surface area contributed by atoms with Crippen molar-refractivity contribution in [1.82, 2.24) is 4.90 Å². The average Bonchev–Trinajstić information content (AvgIpc) is 2.93. The molecule has 0 saturated heterocycles. The van der Waals surface area contributed by atoms with Crippen LogP contribution in [0.5, 0.6) is 0 Å². The molecule has 116 valence electrons. The van der Waals surface area contributed by atoms with E-state index in [1.807, 2.05) is 29.5 Å². The number of amides is 2. The van der Waals surface area contributed by atoms with E-state index >= 15 is 0 Å². The van der Waals surface area contributed by atoms with Gasteiger partial charge < -0.3 is 5.73 Å². The molecule has 0 aliphatic rings. The average molecular weight is 317 g/mol. The summed E-state index contributed by atoms with van der Waals surface area (Å²) >= 11 is 1.64. The molecule has 0 aliphatic carbocycles. The number of rotatable bonds is 5. The lowest BCUT2D eigenvalue weighted by Gasteiger charge is -2.23. The largest absolute Gasteiger partial charge is 0.399 e. The zero-order valence-corrected chi connectivity index (χ0v) is 13.5. The molecule has 22 heavy (non-hydrogen) atoms. The van der Waals surface area contributed by atoms with Gasteiger partial charge in [-0.15, -0.1) is 11.3 Å². The normalized spacial score (nSPS) is 10.7. The lowest BCUT2D eigenvalue weighted by atomic mass is 10.2. The summed E-state index contributed by atoms with van der Waals surface area (Å²) < 4.78 is 0. The molecular formula is C16H19N3O2S. The van der Waals surface area contributed by atoms with Crippen LogP contribution in [0, 0.1) is 0 Å². The Balaban J connectivity index is 2.06. The molecule has 0 fully saturated rings. The zero-order valence-electron chi connectivity index (χ0n) is 12.7. The second-order valence-corrected chi connectivity index (χ2v) is 6.12. The monoisotopic (exact) mass is 317 g/mol. The van der Waals surface area contributed by atoms with Gasteiger partial charge in [-0.25, -0.2) is 4.90 Å².